The van der Waals surface area contributed by atoms with E-state index in [1.807, 2.05) is 0 Å². The Morgan fingerprint density at radius 3 is 3.40 bits per heavy atom. The maximum atomic E-state index is 5.36. The van der Waals surface area contributed by atoms with Crippen molar-refractivity contribution < 1.29 is 0 Å². The summed E-state index contributed by atoms with van der Waals surface area (Å²) in [6.45, 7) is 0. The van der Waals surface area contributed by atoms with E-state index in [0.717, 1.165) is 0 Å². The number of aromatic nitrogens is 5. The molecule has 2 heterocycles. The molecule has 0 saturated heterocycles. The Labute approximate surface area is 55.6 Å². The van der Waals surface area contributed by atoms with Crippen molar-refractivity contribution in [2.45, 2.75) is 0 Å². The Kier molecular flexibility index (Phi) is 0.830. The highest BCUT2D eigenvalue weighted by Gasteiger charge is 1.95. The van der Waals surface area contributed by atoms with E-state index in [4.69, 9.17) is 5.73 Å². The van der Waals surface area contributed by atoms with Gasteiger partial charge >= 0.3 is 0 Å². The smallest absolute Gasteiger partial charge is 0.202 e. The predicted molar refractivity (Wildman–Crippen MR) is 31.8 cm³/mol. The fourth-order valence-corrected chi connectivity index (χ4v) is 0.624. The van der Waals surface area contributed by atoms with Gasteiger partial charge in [0.2, 0.25) is 5.65 Å². The molecule has 0 atom stereocenters. The standard InChI is InChI=1S/C4H3N6/c5-3-1-4-7-8-9-10(4)6-2-3/h1H,5H2. The number of nitrogen functional groups attached to an aromatic ring is 1. The molecular formula is C4H3N6. The minimum absolute atomic E-state index is 0.433. The van der Waals surface area contributed by atoms with Gasteiger partial charge in [0.05, 0.1) is 5.69 Å². The van der Waals surface area contributed by atoms with Gasteiger partial charge in [0.25, 0.3) is 0 Å². The molecule has 0 amide bonds. The summed E-state index contributed by atoms with van der Waals surface area (Å²) in [5.74, 6) is 0. The molecule has 0 aliphatic heterocycles. The van der Waals surface area contributed by atoms with Gasteiger partial charge in [0.1, 0.15) is 6.20 Å². The number of tetrazole rings is 1. The zero-order valence-corrected chi connectivity index (χ0v) is 4.89. The fourth-order valence-electron chi connectivity index (χ4n) is 0.624. The monoisotopic (exact) mass is 135 g/mol. The number of rotatable bonds is 0. The second-order valence-corrected chi connectivity index (χ2v) is 1.74. The summed E-state index contributed by atoms with van der Waals surface area (Å²) in [6.07, 6.45) is 2.51. The van der Waals surface area contributed by atoms with Crippen molar-refractivity contribution in [1.82, 2.24) is 25.3 Å². The summed E-state index contributed by atoms with van der Waals surface area (Å²) < 4.78 is 1.25. The van der Waals surface area contributed by atoms with Crippen LogP contribution < -0.4 is 5.73 Å². The third-order valence-electron chi connectivity index (χ3n) is 1.04. The van der Waals surface area contributed by atoms with Gasteiger partial charge < -0.3 is 5.73 Å². The van der Waals surface area contributed by atoms with Crippen molar-refractivity contribution in [2.24, 2.45) is 0 Å². The number of hydrogen-bond acceptors (Lipinski definition) is 5. The highest BCUT2D eigenvalue weighted by molar-refractivity contribution is 5.46. The van der Waals surface area contributed by atoms with Crippen molar-refractivity contribution in [3.63, 3.8) is 0 Å². The maximum Gasteiger partial charge on any atom is 0.202 e. The Bertz CT molecular complexity index is 351. The molecule has 2 N–H and O–H groups in total. The minimum atomic E-state index is 0.433. The van der Waals surface area contributed by atoms with Gasteiger partial charge in [0.15, 0.2) is 0 Å². The van der Waals surface area contributed by atoms with Crippen molar-refractivity contribution in [3.8, 4) is 0 Å². The third-order valence-corrected chi connectivity index (χ3v) is 1.04. The fraction of sp³-hybridized carbons (Fsp3) is 0. The number of fused-ring (bicyclic) bond motifs is 1. The van der Waals surface area contributed by atoms with E-state index in [-0.39, 0.29) is 0 Å². The van der Waals surface area contributed by atoms with Crippen LogP contribution in [0, 0.1) is 6.20 Å². The van der Waals surface area contributed by atoms with Crippen LogP contribution in [0.4, 0.5) is 5.69 Å². The highest BCUT2D eigenvalue weighted by atomic mass is 15.6. The van der Waals surface area contributed by atoms with Crippen LogP contribution in [0.2, 0.25) is 0 Å². The Morgan fingerprint density at radius 2 is 2.50 bits per heavy atom. The van der Waals surface area contributed by atoms with Crippen LogP contribution in [0.15, 0.2) is 6.07 Å². The first-order valence-electron chi connectivity index (χ1n) is 2.59. The van der Waals surface area contributed by atoms with E-state index in [0.29, 0.717) is 11.3 Å². The highest BCUT2D eigenvalue weighted by Crippen LogP contribution is 1.98. The summed E-state index contributed by atoms with van der Waals surface area (Å²) in [4.78, 5) is 0. The normalized spacial score (nSPS) is 10.4. The second-order valence-electron chi connectivity index (χ2n) is 1.74. The van der Waals surface area contributed by atoms with E-state index in [1.165, 1.54) is 4.63 Å². The minimum Gasteiger partial charge on any atom is -0.397 e. The van der Waals surface area contributed by atoms with Crippen LogP contribution in [0.25, 0.3) is 5.65 Å². The Morgan fingerprint density at radius 1 is 1.60 bits per heavy atom. The topological polar surface area (TPSA) is 82.0 Å². The van der Waals surface area contributed by atoms with E-state index < -0.39 is 0 Å². The van der Waals surface area contributed by atoms with Crippen molar-refractivity contribution in [2.75, 3.05) is 5.73 Å². The lowest BCUT2D eigenvalue weighted by Crippen LogP contribution is -1.96. The largest absolute Gasteiger partial charge is 0.397 e. The molecule has 2 aromatic rings. The molecular weight excluding hydrogens is 132 g/mol. The molecule has 0 saturated carbocycles. The number of nitrogens with two attached hydrogens (primary N) is 1. The lowest BCUT2D eigenvalue weighted by atomic mass is 10.5. The summed E-state index contributed by atoms with van der Waals surface area (Å²) in [6, 6.07) is 1.59. The molecule has 0 bridgehead atoms. The van der Waals surface area contributed by atoms with Crippen molar-refractivity contribution >= 4 is 11.3 Å². The second kappa shape index (κ2) is 1.63. The van der Waals surface area contributed by atoms with Crippen LogP contribution in [-0.4, -0.2) is 25.3 Å². The molecule has 6 nitrogen and oxygen atoms in total. The van der Waals surface area contributed by atoms with E-state index in [1.54, 1.807) is 6.07 Å². The Balaban J connectivity index is 2.86. The number of anilines is 1. The third kappa shape index (κ3) is 0.586. The van der Waals surface area contributed by atoms with Gasteiger partial charge in [-0.1, -0.05) is 0 Å². The van der Waals surface area contributed by atoms with Crippen molar-refractivity contribution in [3.05, 3.63) is 12.3 Å². The van der Waals surface area contributed by atoms with E-state index >= 15 is 0 Å². The first-order chi connectivity index (χ1) is 4.86. The SMILES string of the molecule is Nc1[c]nn2nnnc2c1. The van der Waals surface area contributed by atoms with Gasteiger partial charge in [-0.2, -0.15) is 0 Å². The molecule has 0 fully saturated rings. The molecule has 2 aromatic heterocycles. The van der Waals surface area contributed by atoms with Crippen molar-refractivity contribution in [1.29, 1.82) is 0 Å². The van der Waals surface area contributed by atoms with Gasteiger partial charge in [-0.05, 0) is 10.4 Å². The molecule has 10 heavy (non-hydrogen) atoms. The molecule has 2 rings (SSSR count). The zero-order valence-electron chi connectivity index (χ0n) is 4.89. The average molecular weight is 135 g/mol. The summed E-state index contributed by atoms with van der Waals surface area (Å²) >= 11 is 0. The van der Waals surface area contributed by atoms with Crippen LogP contribution in [0.1, 0.15) is 0 Å². The molecule has 0 aliphatic rings. The van der Waals surface area contributed by atoms with Gasteiger partial charge in [-0.15, -0.1) is 14.8 Å². The molecule has 1 radical (unpaired) electrons. The van der Waals surface area contributed by atoms with Crippen LogP contribution in [-0.2, 0) is 0 Å². The lowest BCUT2D eigenvalue weighted by Gasteiger charge is -1.87. The van der Waals surface area contributed by atoms with Crippen LogP contribution in [0.3, 0.4) is 0 Å². The first-order valence-corrected chi connectivity index (χ1v) is 2.59. The van der Waals surface area contributed by atoms with E-state index in [9.17, 15) is 0 Å². The molecule has 49 valence electrons. The zero-order chi connectivity index (χ0) is 6.97. The van der Waals surface area contributed by atoms with E-state index in [2.05, 4.69) is 26.8 Å². The predicted octanol–water partition coefficient (Wildman–Crippen LogP) is -1.10. The van der Waals surface area contributed by atoms with Crippen LogP contribution >= 0.6 is 0 Å². The maximum absolute atomic E-state index is 5.36. The number of nitrogens with zero attached hydrogens (tertiary/aromatic N) is 5. The quantitative estimate of drug-likeness (QED) is 0.496. The lowest BCUT2D eigenvalue weighted by molar-refractivity contribution is 0.731. The summed E-state index contributed by atoms with van der Waals surface area (Å²) in [7, 11) is 0. The molecule has 0 aromatic carbocycles. The summed E-state index contributed by atoms with van der Waals surface area (Å²) in [5, 5.41) is 14.2. The number of hydrogen-bond donors (Lipinski definition) is 1. The van der Waals surface area contributed by atoms with Gasteiger partial charge in [-0.3, -0.25) is 0 Å². The van der Waals surface area contributed by atoms with Gasteiger partial charge in [0, 0.05) is 6.07 Å². The van der Waals surface area contributed by atoms with Crippen LogP contribution in [0.5, 0.6) is 0 Å². The molecule has 0 unspecified atom stereocenters. The Hall–Kier alpha value is -1.72. The molecule has 6 heteroatoms. The first kappa shape index (κ1) is 5.10. The van der Waals surface area contributed by atoms with Gasteiger partial charge in [-0.25, -0.2) is 0 Å². The molecule has 0 spiro atoms. The molecule has 0 aliphatic carbocycles. The summed E-state index contributed by atoms with van der Waals surface area (Å²) in [5.41, 5.74) is 6.31. The average Bonchev–Trinajstić information content (AvgIpc) is 2.33.